The zero-order valence-corrected chi connectivity index (χ0v) is 30.3. The Hall–Kier alpha value is -3.64. The molecular weight excluding hydrogens is 645 g/mol. The van der Waals surface area contributed by atoms with E-state index in [9.17, 15) is 9.59 Å². The van der Waals surface area contributed by atoms with Crippen LogP contribution in [-0.4, -0.2) is 12.6 Å². The van der Waals surface area contributed by atoms with E-state index < -0.39 is 5.41 Å². The molecule has 1 aliphatic carbocycles. The van der Waals surface area contributed by atoms with Crippen molar-refractivity contribution >= 4 is 56.0 Å². The van der Waals surface area contributed by atoms with E-state index in [2.05, 4.69) is 92.7 Å². The summed E-state index contributed by atoms with van der Waals surface area (Å²) in [6, 6.07) is 31.8. The second kappa shape index (κ2) is 14.5. The van der Waals surface area contributed by atoms with Gasteiger partial charge in [0.15, 0.2) is 12.6 Å². The third-order valence-corrected chi connectivity index (χ3v) is 13.4. The van der Waals surface area contributed by atoms with Gasteiger partial charge in [-0.25, -0.2) is 0 Å². The molecule has 7 rings (SSSR count). The number of rotatable bonds is 15. The van der Waals surface area contributed by atoms with Crippen molar-refractivity contribution in [3.8, 4) is 20.9 Å². The molecule has 244 valence electrons. The quantitative estimate of drug-likeness (QED) is 0.0795. The van der Waals surface area contributed by atoms with E-state index in [0.29, 0.717) is 0 Å². The molecule has 5 heteroatoms. The summed E-state index contributed by atoms with van der Waals surface area (Å²) in [5, 5.41) is 0. The van der Waals surface area contributed by atoms with E-state index >= 15 is 0 Å². The smallest absolute Gasteiger partial charge is 0.160 e. The van der Waals surface area contributed by atoms with E-state index in [0.717, 1.165) is 45.6 Å². The zero-order valence-electron chi connectivity index (χ0n) is 27.8. The van der Waals surface area contributed by atoms with Gasteiger partial charge in [0, 0.05) is 20.0 Å². The summed E-state index contributed by atoms with van der Waals surface area (Å²) < 4.78 is 2.39. The van der Waals surface area contributed by atoms with Crippen molar-refractivity contribution < 1.29 is 9.59 Å². The Bertz CT molecular complexity index is 1980. The number of hydrogen-bond donors (Lipinski definition) is 0. The number of carbonyl (C=O) groups is 2. The normalized spacial score (nSPS) is 13.1. The highest BCUT2D eigenvalue weighted by atomic mass is 32.1. The van der Waals surface area contributed by atoms with E-state index in [1.165, 1.54) is 105 Å². The molecule has 0 fully saturated rings. The molecule has 0 unspecified atom stereocenters. The molecule has 0 radical (unpaired) electrons. The summed E-state index contributed by atoms with van der Waals surface area (Å²) in [6.07, 6.45) is 14.2. The molecule has 0 N–H and O–H groups in total. The maximum absolute atomic E-state index is 12.0. The first-order chi connectivity index (χ1) is 23.6. The van der Waals surface area contributed by atoms with Crippen molar-refractivity contribution in [2.75, 3.05) is 0 Å². The van der Waals surface area contributed by atoms with Gasteiger partial charge in [-0.3, -0.25) is 9.59 Å². The van der Waals surface area contributed by atoms with Crippen LogP contribution in [0.25, 0.3) is 30.3 Å². The van der Waals surface area contributed by atoms with Crippen LogP contribution in [0.5, 0.6) is 0 Å². The molecule has 0 aliphatic heterocycles. The van der Waals surface area contributed by atoms with Crippen molar-refractivity contribution in [2.45, 2.75) is 83.5 Å². The van der Waals surface area contributed by atoms with Crippen LogP contribution in [0.15, 0.2) is 84.9 Å². The number of unbranched alkanes of at least 4 members (excludes halogenated alkanes) is 6. The molecular formula is C43H42O2S3. The van der Waals surface area contributed by atoms with Gasteiger partial charge in [0.2, 0.25) is 0 Å². The summed E-state index contributed by atoms with van der Waals surface area (Å²) >= 11 is 4.98. The lowest BCUT2D eigenvalue weighted by Crippen LogP contribution is -2.28. The van der Waals surface area contributed by atoms with Crippen molar-refractivity contribution in [3.05, 3.63) is 128 Å². The van der Waals surface area contributed by atoms with E-state index in [4.69, 9.17) is 0 Å². The molecule has 2 nitrogen and oxygen atoms in total. The zero-order chi connectivity index (χ0) is 33.1. The van der Waals surface area contributed by atoms with E-state index in [-0.39, 0.29) is 0 Å². The van der Waals surface area contributed by atoms with Crippen LogP contribution in [0.3, 0.4) is 0 Å². The van der Waals surface area contributed by atoms with Gasteiger partial charge in [0.1, 0.15) is 0 Å². The van der Waals surface area contributed by atoms with Crippen LogP contribution in [0.4, 0.5) is 0 Å². The maximum atomic E-state index is 12.0. The SMILES string of the molecule is CCCCCCc1ccc(C2(c3ccc(CCCCCC)cc3)c3cc(-c4ccc(C=O)s4)ccc3-c3sc4cc(C=O)sc4c32)cc1. The van der Waals surface area contributed by atoms with Crippen molar-refractivity contribution in [1.29, 1.82) is 0 Å². The number of thiophene rings is 3. The standard InChI is InChI=1S/C43H42O2S3/c1-3-5-7-9-11-29-13-18-32(19-14-29)43(33-20-15-30(16-21-33)12-10-8-6-4-2)37-25-31(38-24-22-34(27-44)46-38)17-23-36(37)41-40(43)42-39(48-41)26-35(28-45)47-42/h13-28H,3-12H2,1-2H3. The predicted octanol–water partition coefficient (Wildman–Crippen LogP) is 12.9. The summed E-state index contributed by atoms with van der Waals surface area (Å²) in [5.74, 6) is 0. The second-order valence-electron chi connectivity index (χ2n) is 13.1. The fourth-order valence-electron chi connectivity index (χ4n) is 7.53. The fourth-order valence-corrected chi connectivity index (χ4v) is 11.0. The highest BCUT2D eigenvalue weighted by molar-refractivity contribution is 7.30. The molecule has 0 saturated carbocycles. The molecule has 1 aliphatic rings. The highest BCUT2D eigenvalue weighted by Crippen LogP contribution is 2.62. The van der Waals surface area contributed by atoms with Crippen LogP contribution >= 0.6 is 34.0 Å². The average molecular weight is 687 g/mol. The van der Waals surface area contributed by atoms with Crippen molar-refractivity contribution in [3.63, 3.8) is 0 Å². The van der Waals surface area contributed by atoms with Gasteiger partial charge >= 0.3 is 0 Å². The average Bonchev–Trinajstić information content (AvgIpc) is 3.90. The Morgan fingerprint density at radius 2 is 1.23 bits per heavy atom. The summed E-state index contributed by atoms with van der Waals surface area (Å²) in [6.45, 7) is 4.53. The Labute approximate surface area is 296 Å². The monoisotopic (exact) mass is 686 g/mol. The van der Waals surface area contributed by atoms with Crippen LogP contribution in [0.2, 0.25) is 0 Å². The lowest BCUT2D eigenvalue weighted by Gasteiger charge is -2.34. The first-order valence-corrected chi connectivity index (χ1v) is 20.0. The minimum atomic E-state index is -0.545. The molecule has 3 aromatic heterocycles. The third-order valence-electron chi connectivity index (χ3n) is 9.98. The Morgan fingerprint density at radius 3 is 1.79 bits per heavy atom. The molecule has 0 amide bonds. The largest absolute Gasteiger partial charge is 0.297 e. The van der Waals surface area contributed by atoms with Gasteiger partial charge in [-0.15, -0.1) is 34.0 Å². The van der Waals surface area contributed by atoms with Crippen LogP contribution in [0, 0.1) is 0 Å². The maximum Gasteiger partial charge on any atom is 0.160 e. The van der Waals surface area contributed by atoms with Gasteiger partial charge in [0.05, 0.1) is 19.9 Å². The molecule has 3 aromatic carbocycles. The topological polar surface area (TPSA) is 34.1 Å². The molecule has 48 heavy (non-hydrogen) atoms. The van der Waals surface area contributed by atoms with Crippen LogP contribution in [0.1, 0.15) is 118 Å². The molecule has 3 heterocycles. The lowest BCUT2D eigenvalue weighted by atomic mass is 9.67. The van der Waals surface area contributed by atoms with Gasteiger partial charge in [0.25, 0.3) is 0 Å². The predicted molar refractivity (Wildman–Crippen MR) is 207 cm³/mol. The van der Waals surface area contributed by atoms with Gasteiger partial charge in [-0.05, 0) is 88.9 Å². The Kier molecular flexibility index (Phi) is 9.90. The number of benzene rings is 3. The number of carbonyl (C=O) groups excluding carboxylic acids is 2. The summed E-state index contributed by atoms with van der Waals surface area (Å²) in [5.41, 5.74) is 9.70. The van der Waals surface area contributed by atoms with Crippen molar-refractivity contribution in [2.24, 2.45) is 0 Å². The Balaban J connectivity index is 1.44. The summed E-state index contributed by atoms with van der Waals surface area (Å²) in [4.78, 5) is 27.6. The number of hydrogen-bond acceptors (Lipinski definition) is 5. The molecule has 0 bridgehead atoms. The van der Waals surface area contributed by atoms with Crippen LogP contribution in [-0.2, 0) is 18.3 Å². The van der Waals surface area contributed by atoms with E-state index in [1.54, 1.807) is 22.7 Å². The third kappa shape index (κ3) is 5.95. The minimum absolute atomic E-state index is 0.545. The molecule has 0 atom stereocenters. The first kappa shape index (κ1) is 32.9. The van der Waals surface area contributed by atoms with E-state index in [1.807, 2.05) is 17.4 Å². The Morgan fingerprint density at radius 1 is 0.604 bits per heavy atom. The lowest BCUT2D eigenvalue weighted by molar-refractivity contribution is 0.111. The van der Waals surface area contributed by atoms with Gasteiger partial charge in [-0.1, -0.05) is 113 Å². The van der Waals surface area contributed by atoms with Crippen LogP contribution < -0.4 is 0 Å². The number of fused-ring (bicyclic) bond motifs is 5. The minimum Gasteiger partial charge on any atom is -0.297 e. The highest BCUT2D eigenvalue weighted by Gasteiger charge is 2.49. The second-order valence-corrected chi connectivity index (χ2v) is 16.4. The molecule has 6 aromatic rings. The fraction of sp³-hybridized carbons (Fsp3) is 0.302. The first-order valence-electron chi connectivity index (χ1n) is 17.5. The van der Waals surface area contributed by atoms with Gasteiger partial charge < -0.3 is 0 Å². The summed E-state index contributed by atoms with van der Waals surface area (Å²) in [7, 11) is 0. The number of aryl methyl sites for hydroxylation is 2. The van der Waals surface area contributed by atoms with Gasteiger partial charge in [-0.2, -0.15) is 0 Å². The van der Waals surface area contributed by atoms with Crippen molar-refractivity contribution in [1.82, 2.24) is 0 Å². The molecule has 0 spiro atoms. The number of aldehydes is 2. The molecule has 0 saturated heterocycles.